The monoisotopic (exact) mass is 612 g/mol. The molecule has 0 fully saturated rings. The molecule has 5 N–H and O–H groups in total. The molecule has 2 aromatic carbocycles. The van der Waals surface area contributed by atoms with E-state index in [2.05, 4.69) is 14.5 Å². The molecule has 1 atom stereocenters. The van der Waals surface area contributed by atoms with Gasteiger partial charge in [0.15, 0.2) is 5.69 Å². The summed E-state index contributed by atoms with van der Waals surface area (Å²) in [4.78, 5) is 43.7. The fraction of sp³-hybridized carbons (Fsp3) is 0.276. The van der Waals surface area contributed by atoms with Crippen molar-refractivity contribution in [3.05, 3.63) is 77.0 Å². The van der Waals surface area contributed by atoms with Crippen molar-refractivity contribution in [1.82, 2.24) is 10.3 Å². The fourth-order valence-corrected chi connectivity index (χ4v) is 4.20. The summed E-state index contributed by atoms with van der Waals surface area (Å²) < 4.78 is 38.9. The van der Waals surface area contributed by atoms with E-state index < -0.39 is 39.4 Å². The molecule has 0 aliphatic carbocycles. The quantitative estimate of drug-likeness (QED) is 0.0859. The maximum absolute atomic E-state index is 13.3. The number of amides is 1. The maximum atomic E-state index is 13.3. The molecule has 43 heavy (non-hydrogen) atoms. The van der Waals surface area contributed by atoms with Gasteiger partial charge in [-0.2, -0.15) is 8.42 Å². The second kappa shape index (κ2) is 13.0. The average Bonchev–Trinajstić information content (AvgIpc) is 2.93. The number of nitrogen functional groups attached to an aromatic ring is 1. The summed E-state index contributed by atoms with van der Waals surface area (Å²) in [6, 6.07) is 11.8. The highest BCUT2D eigenvalue weighted by Gasteiger charge is 2.28. The number of carbonyl (C=O) groups is 3. The summed E-state index contributed by atoms with van der Waals surface area (Å²) in [6.07, 6.45) is 0.686. The lowest BCUT2D eigenvalue weighted by atomic mass is 9.87. The number of nitrogens with two attached hydrogens (primary N) is 1. The molecule has 0 aliphatic rings. The van der Waals surface area contributed by atoms with Gasteiger partial charge in [0.1, 0.15) is 11.6 Å². The molecule has 0 spiro atoms. The van der Waals surface area contributed by atoms with Crippen LogP contribution in [-0.2, 0) is 14.3 Å². The Morgan fingerprint density at radius 1 is 1.00 bits per heavy atom. The number of amidine groups is 1. The van der Waals surface area contributed by atoms with Gasteiger partial charge in [-0.3, -0.25) is 10.2 Å². The molecule has 228 valence electrons. The number of benzene rings is 2. The van der Waals surface area contributed by atoms with E-state index in [9.17, 15) is 27.9 Å². The number of esters is 1. The second-order valence-corrected chi connectivity index (χ2v) is 12.1. The third kappa shape index (κ3) is 8.36. The molecule has 1 aromatic heterocycles. The Morgan fingerprint density at radius 3 is 2.14 bits per heavy atom. The van der Waals surface area contributed by atoms with E-state index in [1.165, 1.54) is 55.6 Å². The van der Waals surface area contributed by atoms with Crippen LogP contribution in [0.3, 0.4) is 0 Å². The van der Waals surface area contributed by atoms with E-state index in [1.807, 2.05) is 20.8 Å². The highest BCUT2D eigenvalue weighted by Crippen LogP contribution is 2.31. The minimum atomic E-state index is -4.27. The third-order valence-corrected chi connectivity index (χ3v) is 6.65. The van der Waals surface area contributed by atoms with Crippen LogP contribution < -0.4 is 20.5 Å². The summed E-state index contributed by atoms with van der Waals surface area (Å²) in [5, 5.41) is 20.0. The summed E-state index contributed by atoms with van der Waals surface area (Å²) in [7, 11) is -2.94. The van der Waals surface area contributed by atoms with Gasteiger partial charge >= 0.3 is 22.1 Å². The van der Waals surface area contributed by atoms with Crippen molar-refractivity contribution in [1.29, 1.82) is 5.41 Å². The number of hydrogen-bond acceptors (Lipinski definition) is 11. The number of aromatic nitrogens is 1. The number of nitrogens with one attached hydrogen (secondary N) is 2. The lowest BCUT2D eigenvalue weighted by molar-refractivity contribution is 0.0722. The van der Waals surface area contributed by atoms with Crippen molar-refractivity contribution in [3.8, 4) is 22.8 Å². The first-order chi connectivity index (χ1) is 20.0. The minimum Gasteiger partial charge on any atom is -0.481 e. The Labute approximate surface area is 248 Å². The van der Waals surface area contributed by atoms with Crippen LogP contribution in [0.1, 0.15) is 57.5 Å². The Bertz CT molecular complexity index is 1660. The van der Waals surface area contributed by atoms with Crippen LogP contribution in [0.2, 0.25) is 0 Å². The minimum absolute atomic E-state index is 0.00811. The van der Waals surface area contributed by atoms with Gasteiger partial charge in [0, 0.05) is 22.8 Å². The predicted octanol–water partition coefficient (Wildman–Crippen LogP) is 2.51. The molecule has 1 amide bonds. The van der Waals surface area contributed by atoms with E-state index in [4.69, 9.17) is 20.6 Å². The van der Waals surface area contributed by atoms with Crippen LogP contribution >= 0.6 is 0 Å². The number of hydrogen-bond donors (Lipinski definition) is 4. The normalized spacial score (nSPS) is 12.1. The molecular formula is C29H32N4O9S. The molecule has 0 aliphatic heterocycles. The first-order valence-corrected chi connectivity index (χ1v) is 14.6. The van der Waals surface area contributed by atoms with Crippen molar-refractivity contribution in [2.45, 2.75) is 26.8 Å². The molecule has 1 heterocycles. The summed E-state index contributed by atoms with van der Waals surface area (Å²) in [5.74, 6) is -2.94. The van der Waals surface area contributed by atoms with Crippen LogP contribution in [0.15, 0.2) is 54.6 Å². The van der Waals surface area contributed by atoms with Crippen molar-refractivity contribution >= 4 is 33.8 Å². The predicted molar refractivity (Wildman–Crippen MR) is 157 cm³/mol. The molecule has 13 nitrogen and oxygen atoms in total. The summed E-state index contributed by atoms with van der Waals surface area (Å²) in [5.41, 5.74) is 4.73. The number of aliphatic hydroxyl groups is 1. The fourth-order valence-electron chi connectivity index (χ4n) is 3.83. The van der Waals surface area contributed by atoms with Crippen molar-refractivity contribution in [2.24, 2.45) is 11.1 Å². The zero-order chi connectivity index (χ0) is 32.1. The van der Waals surface area contributed by atoms with Gasteiger partial charge in [0.25, 0.3) is 5.91 Å². The first kappa shape index (κ1) is 32.7. The Kier molecular flexibility index (Phi) is 9.89. The first-order valence-electron chi connectivity index (χ1n) is 12.8. The number of methoxy groups -OCH3 is 1. The third-order valence-electron chi connectivity index (χ3n) is 6.20. The smallest absolute Gasteiger partial charge is 0.363 e. The molecule has 0 bridgehead atoms. The Hall–Kier alpha value is -4.82. The topological polar surface area (TPSA) is 208 Å². The van der Waals surface area contributed by atoms with E-state index in [0.717, 1.165) is 6.07 Å². The van der Waals surface area contributed by atoms with E-state index in [-0.39, 0.29) is 52.0 Å². The highest BCUT2D eigenvalue weighted by molar-refractivity contribution is 7.86. The number of pyridine rings is 1. The van der Waals surface area contributed by atoms with Gasteiger partial charge in [-0.1, -0.05) is 26.8 Å². The van der Waals surface area contributed by atoms with Crippen molar-refractivity contribution < 1.29 is 41.6 Å². The van der Waals surface area contributed by atoms with Crippen molar-refractivity contribution in [2.75, 3.05) is 20.0 Å². The van der Waals surface area contributed by atoms with Gasteiger partial charge < -0.3 is 29.8 Å². The van der Waals surface area contributed by atoms with Gasteiger partial charge in [-0.25, -0.2) is 14.6 Å². The number of nitrogens with zero attached hydrogens (tertiary/aromatic N) is 1. The van der Waals surface area contributed by atoms with Crippen LogP contribution in [0.5, 0.6) is 11.6 Å². The molecule has 0 saturated carbocycles. The summed E-state index contributed by atoms with van der Waals surface area (Å²) in [6.45, 7) is 5.11. The van der Waals surface area contributed by atoms with Gasteiger partial charge in [0.2, 0.25) is 5.88 Å². The van der Waals surface area contributed by atoms with Gasteiger partial charge in [0.05, 0.1) is 31.6 Å². The van der Waals surface area contributed by atoms with Crippen LogP contribution in [0.25, 0.3) is 11.1 Å². The number of rotatable bonds is 10. The van der Waals surface area contributed by atoms with Crippen LogP contribution in [0.4, 0.5) is 0 Å². The lowest BCUT2D eigenvalue weighted by Gasteiger charge is -2.29. The second-order valence-electron chi connectivity index (χ2n) is 10.5. The molecule has 14 heteroatoms. The average molecular weight is 613 g/mol. The molecule has 3 aromatic rings. The van der Waals surface area contributed by atoms with Gasteiger partial charge in [-0.05, 0) is 53.4 Å². The summed E-state index contributed by atoms with van der Waals surface area (Å²) >= 11 is 0. The molecule has 0 saturated heterocycles. The van der Waals surface area contributed by atoms with E-state index in [1.54, 1.807) is 0 Å². The largest absolute Gasteiger partial charge is 0.481 e. The van der Waals surface area contributed by atoms with E-state index in [0.29, 0.717) is 11.8 Å². The number of ether oxygens (including phenoxy) is 2. The van der Waals surface area contributed by atoms with Crippen LogP contribution in [0, 0.1) is 10.8 Å². The highest BCUT2D eigenvalue weighted by atomic mass is 32.2. The Morgan fingerprint density at radius 2 is 1.60 bits per heavy atom. The molecule has 0 unspecified atom stereocenters. The molecular weight excluding hydrogens is 580 g/mol. The number of carbonyl (C=O) groups excluding carboxylic acids is 3. The van der Waals surface area contributed by atoms with E-state index >= 15 is 0 Å². The Balaban J connectivity index is 2.13. The maximum Gasteiger partial charge on any atom is 0.363 e. The zero-order valence-electron chi connectivity index (χ0n) is 24.1. The van der Waals surface area contributed by atoms with Crippen LogP contribution in [-0.4, -0.2) is 68.2 Å². The zero-order valence-corrected chi connectivity index (χ0v) is 24.9. The SMILES string of the molecule is COc1ccc(-c2ccc(C(=O)N[C@H](CO)C(C)(C)C)cc2C(=O)OS(C)(=O)=O)c(C(=O)Oc2ccc(C(=N)N)cc2)n1. The van der Waals surface area contributed by atoms with Crippen molar-refractivity contribution in [3.63, 3.8) is 0 Å². The standard InChI is InChI=1S/C29H32N4O9S/c1-29(2,3)22(15-34)32-26(35)17-8-11-19(21(14-17)27(36)42-43(5,38)39)20-12-13-23(40-4)33-24(20)28(37)41-18-9-6-16(7-10-18)25(30)31/h6-14,22,34H,15H2,1-5H3,(H3,30,31)(H,32,35)/t22-/m1/s1. The molecule has 3 rings (SSSR count). The van der Waals surface area contributed by atoms with Gasteiger partial charge in [-0.15, -0.1) is 0 Å². The lowest BCUT2D eigenvalue weighted by Crippen LogP contribution is -2.46. The molecule has 0 radical (unpaired) electrons. The number of aliphatic hydroxyl groups excluding tert-OH is 1.